The summed E-state index contributed by atoms with van der Waals surface area (Å²) in [5.74, 6) is 1.05. The maximum atomic E-state index is 12.2. The third-order valence-corrected chi connectivity index (χ3v) is 5.09. The largest absolute Gasteiger partial charge is 0.490 e. The summed E-state index contributed by atoms with van der Waals surface area (Å²) in [5, 5.41) is 2.91. The SMILES string of the molecule is CCCOc1ccc(/C=C/C(=O)OC(C)C(=O)NCC2CCCCC2)cc1OCC. The van der Waals surface area contributed by atoms with Gasteiger partial charge in [0.1, 0.15) is 0 Å². The van der Waals surface area contributed by atoms with Crippen LogP contribution < -0.4 is 14.8 Å². The predicted molar refractivity (Wildman–Crippen MR) is 118 cm³/mol. The first-order valence-corrected chi connectivity index (χ1v) is 11.1. The van der Waals surface area contributed by atoms with Gasteiger partial charge in [0.15, 0.2) is 17.6 Å². The zero-order valence-electron chi connectivity index (χ0n) is 18.4. The van der Waals surface area contributed by atoms with Gasteiger partial charge >= 0.3 is 5.97 Å². The molecule has 30 heavy (non-hydrogen) atoms. The lowest BCUT2D eigenvalue weighted by Crippen LogP contribution is -2.38. The van der Waals surface area contributed by atoms with Crippen molar-refractivity contribution in [2.75, 3.05) is 19.8 Å². The summed E-state index contributed by atoms with van der Waals surface area (Å²) in [4.78, 5) is 24.3. The van der Waals surface area contributed by atoms with Crippen LogP contribution >= 0.6 is 0 Å². The molecular weight excluding hydrogens is 382 g/mol. The number of carbonyl (C=O) groups is 2. The van der Waals surface area contributed by atoms with E-state index in [0.717, 1.165) is 24.8 Å². The number of amides is 1. The van der Waals surface area contributed by atoms with E-state index in [1.54, 1.807) is 13.0 Å². The summed E-state index contributed by atoms with van der Waals surface area (Å²) >= 11 is 0. The van der Waals surface area contributed by atoms with Gasteiger partial charge in [-0.05, 0) is 62.8 Å². The van der Waals surface area contributed by atoms with Crippen LogP contribution in [0.5, 0.6) is 11.5 Å². The lowest BCUT2D eigenvalue weighted by Gasteiger charge is -2.22. The zero-order chi connectivity index (χ0) is 21.8. The molecule has 6 nitrogen and oxygen atoms in total. The number of carbonyl (C=O) groups excluding carboxylic acids is 2. The molecule has 1 unspecified atom stereocenters. The van der Waals surface area contributed by atoms with E-state index in [1.807, 2.05) is 32.0 Å². The molecule has 0 aromatic heterocycles. The fraction of sp³-hybridized carbons (Fsp3) is 0.583. The molecule has 0 spiro atoms. The van der Waals surface area contributed by atoms with E-state index in [1.165, 1.54) is 25.3 Å². The highest BCUT2D eigenvalue weighted by Crippen LogP contribution is 2.29. The molecule has 2 rings (SSSR count). The molecule has 6 heteroatoms. The number of esters is 1. The lowest BCUT2D eigenvalue weighted by atomic mass is 9.89. The molecule has 0 saturated heterocycles. The first kappa shape index (κ1) is 23.8. The highest BCUT2D eigenvalue weighted by atomic mass is 16.5. The monoisotopic (exact) mass is 417 g/mol. The summed E-state index contributed by atoms with van der Waals surface area (Å²) in [6.07, 6.45) is 9.10. The van der Waals surface area contributed by atoms with Crippen LogP contribution in [-0.4, -0.2) is 37.7 Å². The third kappa shape index (κ3) is 8.09. The Morgan fingerprint density at radius 2 is 1.90 bits per heavy atom. The van der Waals surface area contributed by atoms with Crippen molar-refractivity contribution in [3.8, 4) is 11.5 Å². The topological polar surface area (TPSA) is 73.9 Å². The van der Waals surface area contributed by atoms with Crippen LogP contribution in [0.4, 0.5) is 0 Å². The molecule has 0 radical (unpaired) electrons. The van der Waals surface area contributed by atoms with E-state index in [0.29, 0.717) is 37.2 Å². The second kappa shape index (κ2) is 12.9. The van der Waals surface area contributed by atoms with Crippen molar-refractivity contribution in [2.24, 2.45) is 5.92 Å². The minimum atomic E-state index is -0.824. The Morgan fingerprint density at radius 3 is 2.60 bits per heavy atom. The quantitative estimate of drug-likeness (QED) is 0.423. The number of hydrogen-bond donors (Lipinski definition) is 1. The van der Waals surface area contributed by atoms with Gasteiger partial charge in [0.05, 0.1) is 13.2 Å². The van der Waals surface area contributed by atoms with Gasteiger partial charge in [-0.1, -0.05) is 32.3 Å². The fourth-order valence-corrected chi connectivity index (χ4v) is 3.44. The lowest BCUT2D eigenvalue weighted by molar-refractivity contribution is -0.150. The highest BCUT2D eigenvalue weighted by Gasteiger charge is 2.19. The zero-order valence-corrected chi connectivity index (χ0v) is 18.4. The number of hydrogen-bond acceptors (Lipinski definition) is 5. The standard InChI is InChI=1S/C24H35NO5/c1-4-15-29-21-13-11-19(16-22(21)28-5-2)12-14-23(26)30-18(3)24(27)25-17-20-9-7-6-8-10-20/h11-14,16,18,20H,4-10,15,17H2,1-3H3,(H,25,27)/b14-12+. The average molecular weight is 418 g/mol. The second-order valence-corrected chi connectivity index (χ2v) is 7.65. The van der Waals surface area contributed by atoms with E-state index >= 15 is 0 Å². The van der Waals surface area contributed by atoms with E-state index in [4.69, 9.17) is 14.2 Å². The van der Waals surface area contributed by atoms with Gasteiger partial charge in [-0.3, -0.25) is 4.79 Å². The highest BCUT2D eigenvalue weighted by molar-refractivity contribution is 5.90. The van der Waals surface area contributed by atoms with Crippen LogP contribution in [0.15, 0.2) is 24.3 Å². The molecule has 0 aliphatic heterocycles. The maximum absolute atomic E-state index is 12.2. The molecule has 0 heterocycles. The minimum absolute atomic E-state index is 0.251. The number of nitrogens with one attached hydrogen (secondary N) is 1. The molecule has 0 bridgehead atoms. The van der Waals surface area contributed by atoms with Gasteiger partial charge in [-0.2, -0.15) is 0 Å². The van der Waals surface area contributed by atoms with Gasteiger partial charge in [0.25, 0.3) is 5.91 Å². The third-order valence-electron chi connectivity index (χ3n) is 5.09. The smallest absolute Gasteiger partial charge is 0.331 e. The molecule has 1 aromatic rings. The van der Waals surface area contributed by atoms with Crippen molar-refractivity contribution in [3.63, 3.8) is 0 Å². The Bertz CT molecular complexity index is 710. The van der Waals surface area contributed by atoms with Crippen LogP contribution in [0, 0.1) is 5.92 Å². The van der Waals surface area contributed by atoms with Gasteiger partial charge in [-0.15, -0.1) is 0 Å². The summed E-state index contributed by atoms with van der Waals surface area (Å²) in [6, 6.07) is 5.49. The van der Waals surface area contributed by atoms with Gasteiger partial charge in [0, 0.05) is 12.6 Å². The Labute approximate surface area is 180 Å². The molecular formula is C24H35NO5. The van der Waals surface area contributed by atoms with Crippen LogP contribution in [0.1, 0.15) is 64.9 Å². The first-order valence-electron chi connectivity index (χ1n) is 11.1. The summed E-state index contributed by atoms with van der Waals surface area (Å²) in [6.45, 7) is 7.33. The minimum Gasteiger partial charge on any atom is -0.490 e. The molecule has 166 valence electrons. The summed E-state index contributed by atoms with van der Waals surface area (Å²) in [5.41, 5.74) is 0.786. The van der Waals surface area contributed by atoms with Crippen LogP contribution in [-0.2, 0) is 14.3 Å². The van der Waals surface area contributed by atoms with Crippen LogP contribution in [0.3, 0.4) is 0 Å². The van der Waals surface area contributed by atoms with Gasteiger partial charge in [0.2, 0.25) is 0 Å². The van der Waals surface area contributed by atoms with Crippen molar-refractivity contribution in [2.45, 2.75) is 65.4 Å². The molecule has 1 fully saturated rings. The number of ether oxygens (including phenoxy) is 3. The molecule has 1 amide bonds. The Balaban J connectivity index is 1.85. The van der Waals surface area contributed by atoms with E-state index < -0.39 is 12.1 Å². The maximum Gasteiger partial charge on any atom is 0.331 e. The first-order chi connectivity index (χ1) is 14.5. The molecule has 1 N–H and O–H groups in total. The predicted octanol–water partition coefficient (Wildman–Crippen LogP) is 4.52. The fourth-order valence-electron chi connectivity index (χ4n) is 3.44. The van der Waals surface area contributed by atoms with Crippen molar-refractivity contribution in [1.82, 2.24) is 5.32 Å². The van der Waals surface area contributed by atoms with Gasteiger partial charge in [-0.25, -0.2) is 4.79 Å². The Morgan fingerprint density at radius 1 is 1.13 bits per heavy atom. The Kier molecular flexibility index (Phi) is 10.3. The molecule has 1 saturated carbocycles. The van der Waals surface area contributed by atoms with Crippen LogP contribution in [0.25, 0.3) is 6.08 Å². The average Bonchev–Trinajstić information content (AvgIpc) is 2.76. The summed E-state index contributed by atoms with van der Waals surface area (Å²) in [7, 11) is 0. The molecule has 1 aliphatic rings. The normalized spacial score (nSPS) is 15.6. The summed E-state index contributed by atoms with van der Waals surface area (Å²) < 4.78 is 16.5. The number of rotatable bonds is 11. The van der Waals surface area contributed by atoms with E-state index in [-0.39, 0.29) is 5.91 Å². The molecule has 1 aromatic carbocycles. The van der Waals surface area contributed by atoms with Crippen molar-refractivity contribution >= 4 is 18.0 Å². The molecule has 1 atom stereocenters. The molecule has 1 aliphatic carbocycles. The van der Waals surface area contributed by atoms with Gasteiger partial charge < -0.3 is 19.5 Å². The van der Waals surface area contributed by atoms with Crippen molar-refractivity contribution < 1.29 is 23.8 Å². The van der Waals surface area contributed by atoms with Crippen molar-refractivity contribution in [1.29, 1.82) is 0 Å². The van der Waals surface area contributed by atoms with Crippen molar-refractivity contribution in [3.05, 3.63) is 29.8 Å². The number of benzene rings is 1. The Hall–Kier alpha value is -2.50. The van der Waals surface area contributed by atoms with E-state index in [2.05, 4.69) is 5.32 Å². The van der Waals surface area contributed by atoms with Crippen LogP contribution in [0.2, 0.25) is 0 Å². The second-order valence-electron chi connectivity index (χ2n) is 7.65. The van der Waals surface area contributed by atoms with E-state index in [9.17, 15) is 9.59 Å².